The van der Waals surface area contributed by atoms with Gasteiger partial charge in [-0.05, 0) is 24.0 Å². The van der Waals surface area contributed by atoms with Gasteiger partial charge >= 0.3 is 0 Å². The molecule has 0 radical (unpaired) electrons. The molecule has 1 aliphatic heterocycles. The summed E-state index contributed by atoms with van der Waals surface area (Å²) in [5, 5.41) is 3.64. The maximum atomic E-state index is 13.7. The van der Waals surface area contributed by atoms with Crippen LogP contribution in [0.2, 0.25) is 5.02 Å². The van der Waals surface area contributed by atoms with Crippen LogP contribution in [0.5, 0.6) is 0 Å². The van der Waals surface area contributed by atoms with E-state index in [9.17, 15) is 4.39 Å². The van der Waals surface area contributed by atoms with Crippen molar-refractivity contribution in [3.05, 3.63) is 34.6 Å². The molecule has 0 spiro atoms. The number of nitrogens with one attached hydrogen (secondary N) is 1. The Balaban J connectivity index is 2.27. The molecular formula is C15H22ClFN2. The quantitative estimate of drug-likeness (QED) is 0.911. The van der Waals surface area contributed by atoms with Crippen LogP contribution in [0.4, 0.5) is 4.39 Å². The van der Waals surface area contributed by atoms with Gasteiger partial charge in [-0.25, -0.2) is 4.39 Å². The molecular weight excluding hydrogens is 263 g/mol. The van der Waals surface area contributed by atoms with Gasteiger partial charge in [-0.3, -0.25) is 4.90 Å². The maximum absolute atomic E-state index is 13.7. The Morgan fingerprint density at radius 3 is 2.63 bits per heavy atom. The van der Waals surface area contributed by atoms with E-state index in [0.717, 1.165) is 38.2 Å². The first kappa shape index (κ1) is 14.8. The minimum absolute atomic E-state index is 0.213. The van der Waals surface area contributed by atoms with Gasteiger partial charge in [0.25, 0.3) is 0 Å². The third-order valence-electron chi connectivity index (χ3n) is 3.63. The summed E-state index contributed by atoms with van der Waals surface area (Å²) in [7, 11) is 0. The van der Waals surface area contributed by atoms with E-state index in [-0.39, 0.29) is 16.9 Å². The van der Waals surface area contributed by atoms with Crippen molar-refractivity contribution >= 4 is 11.6 Å². The largest absolute Gasteiger partial charge is 0.314 e. The molecule has 1 fully saturated rings. The van der Waals surface area contributed by atoms with E-state index in [0.29, 0.717) is 5.92 Å². The van der Waals surface area contributed by atoms with Crippen molar-refractivity contribution in [2.24, 2.45) is 5.92 Å². The zero-order valence-electron chi connectivity index (χ0n) is 11.6. The van der Waals surface area contributed by atoms with E-state index in [1.165, 1.54) is 6.07 Å². The first-order valence-corrected chi connectivity index (χ1v) is 7.36. The van der Waals surface area contributed by atoms with E-state index in [1.54, 1.807) is 6.07 Å². The first-order chi connectivity index (χ1) is 9.09. The minimum Gasteiger partial charge on any atom is -0.314 e. The van der Waals surface area contributed by atoms with Crippen molar-refractivity contribution < 1.29 is 4.39 Å². The van der Waals surface area contributed by atoms with E-state index < -0.39 is 0 Å². The van der Waals surface area contributed by atoms with Crippen LogP contribution in [0.15, 0.2) is 18.2 Å². The number of halogens is 2. The molecule has 0 saturated carbocycles. The second-order valence-electron chi connectivity index (χ2n) is 5.57. The lowest BCUT2D eigenvalue weighted by atomic mass is 9.95. The Kier molecular flexibility index (Phi) is 5.20. The smallest absolute Gasteiger partial charge is 0.142 e. The van der Waals surface area contributed by atoms with Gasteiger partial charge in [0.15, 0.2) is 0 Å². The van der Waals surface area contributed by atoms with E-state index in [2.05, 4.69) is 24.1 Å². The van der Waals surface area contributed by atoms with Crippen LogP contribution in [0.1, 0.15) is 31.9 Å². The zero-order valence-corrected chi connectivity index (χ0v) is 12.4. The molecule has 1 atom stereocenters. The third kappa shape index (κ3) is 3.68. The summed E-state index contributed by atoms with van der Waals surface area (Å²) in [4.78, 5) is 2.41. The Morgan fingerprint density at radius 2 is 2.00 bits per heavy atom. The fourth-order valence-electron chi connectivity index (χ4n) is 2.69. The summed E-state index contributed by atoms with van der Waals surface area (Å²) in [6.45, 7) is 8.35. The van der Waals surface area contributed by atoms with Crippen LogP contribution in [-0.2, 0) is 0 Å². The highest BCUT2D eigenvalue weighted by Gasteiger charge is 2.25. The average molecular weight is 285 g/mol. The fourth-order valence-corrected chi connectivity index (χ4v) is 2.94. The fraction of sp³-hybridized carbons (Fsp3) is 0.600. The Labute approximate surface area is 119 Å². The van der Waals surface area contributed by atoms with Gasteiger partial charge in [0.1, 0.15) is 5.82 Å². The average Bonchev–Trinajstić information content (AvgIpc) is 2.40. The van der Waals surface area contributed by atoms with Crippen LogP contribution in [0, 0.1) is 11.7 Å². The lowest BCUT2D eigenvalue weighted by Gasteiger charge is -2.36. The Hall–Kier alpha value is -0.640. The van der Waals surface area contributed by atoms with Crippen LogP contribution < -0.4 is 5.32 Å². The highest BCUT2D eigenvalue weighted by Crippen LogP contribution is 2.34. The second-order valence-corrected chi connectivity index (χ2v) is 5.95. The molecule has 4 heteroatoms. The Bertz CT molecular complexity index is 417. The van der Waals surface area contributed by atoms with Gasteiger partial charge in [0.05, 0.1) is 5.02 Å². The number of piperazine rings is 1. The van der Waals surface area contributed by atoms with Crippen LogP contribution in [0.3, 0.4) is 0 Å². The molecule has 1 heterocycles. The van der Waals surface area contributed by atoms with E-state index >= 15 is 0 Å². The van der Waals surface area contributed by atoms with Gasteiger partial charge in [0, 0.05) is 32.2 Å². The molecule has 2 nitrogen and oxygen atoms in total. The second kappa shape index (κ2) is 6.69. The van der Waals surface area contributed by atoms with Crippen molar-refractivity contribution in [1.29, 1.82) is 0 Å². The number of hydrogen-bond acceptors (Lipinski definition) is 2. The molecule has 0 amide bonds. The molecule has 19 heavy (non-hydrogen) atoms. The third-order valence-corrected chi connectivity index (χ3v) is 4.03. The topological polar surface area (TPSA) is 15.3 Å². The van der Waals surface area contributed by atoms with Gasteiger partial charge in [0.2, 0.25) is 0 Å². The SMILES string of the molecule is CC(C)C[C@H](c1cccc(F)c1Cl)N1CCNCC1. The van der Waals surface area contributed by atoms with Crippen molar-refractivity contribution in [3.8, 4) is 0 Å². The molecule has 1 aliphatic rings. The van der Waals surface area contributed by atoms with Crippen LogP contribution >= 0.6 is 11.6 Å². The molecule has 0 unspecified atom stereocenters. The molecule has 1 aromatic carbocycles. The lowest BCUT2D eigenvalue weighted by molar-refractivity contribution is 0.154. The summed E-state index contributed by atoms with van der Waals surface area (Å²) in [5.74, 6) is 0.238. The van der Waals surface area contributed by atoms with Crippen molar-refractivity contribution in [2.45, 2.75) is 26.3 Å². The predicted molar refractivity (Wildman–Crippen MR) is 78.0 cm³/mol. The predicted octanol–water partition coefficient (Wildman–Crippen LogP) is 3.47. The van der Waals surface area contributed by atoms with Gasteiger partial charge in [-0.1, -0.05) is 37.6 Å². The number of rotatable bonds is 4. The molecule has 0 aliphatic carbocycles. The standard InChI is InChI=1S/C15H22ClFN2/c1-11(2)10-14(19-8-6-18-7-9-19)12-4-3-5-13(17)15(12)16/h3-5,11,14,18H,6-10H2,1-2H3/t14-/m1/s1. The zero-order chi connectivity index (χ0) is 13.8. The summed E-state index contributed by atoms with van der Waals surface area (Å²) < 4.78 is 13.7. The highest BCUT2D eigenvalue weighted by atomic mass is 35.5. The number of hydrogen-bond donors (Lipinski definition) is 1. The molecule has 106 valence electrons. The van der Waals surface area contributed by atoms with Crippen molar-refractivity contribution in [3.63, 3.8) is 0 Å². The van der Waals surface area contributed by atoms with Crippen molar-refractivity contribution in [1.82, 2.24) is 10.2 Å². The molecule has 0 bridgehead atoms. The van der Waals surface area contributed by atoms with Gasteiger partial charge < -0.3 is 5.32 Å². The monoisotopic (exact) mass is 284 g/mol. The first-order valence-electron chi connectivity index (χ1n) is 6.98. The van der Waals surface area contributed by atoms with Crippen molar-refractivity contribution in [2.75, 3.05) is 26.2 Å². The van der Waals surface area contributed by atoms with Gasteiger partial charge in [-0.2, -0.15) is 0 Å². The summed E-state index contributed by atoms with van der Waals surface area (Å²) in [5.41, 5.74) is 0.928. The summed E-state index contributed by atoms with van der Waals surface area (Å²) in [6.07, 6.45) is 1.00. The Morgan fingerprint density at radius 1 is 1.32 bits per heavy atom. The number of benzene rings is 1. The van der Waals surface area contributed by atoms with Crippen LogP contribution in [0.25, 0.3) is 0 Å². The maximum Gasteiger partial charge on any atom is 0.142 e. The van der Waals surface area contributed by atoms with E-state index in [1.807, 2.05) is 6.07 Å². The van der Waals surface area contributed by atoms with Gasteiger partial charge in [-0.15, -0.1) is 0 Å². The van der Waals surface area contributed by atoms with Crippen LogP contribution in [-0.4, -0.2) is 31.1 Å². The molecule has 2 rings (SSSR count). The normalized spacial score (nSPS) is 18.8. The number of nitrogens with zero attached hydrogens (tertiary/aromatic N) is 1. The summed E-state index contributed by atoms with van der Waals surface area (Å²) in [6, 6.07) is 5.35. The molecule has 1 saturated heterocycles. The minimum atomic E-state index is -0.317. The highest BCUT2D eigenvalue weighted by molar-refractivity contribution is 6.31. The molecule has 1 aromatic rings. The molecule has 1 N–H and O–H groups in total. The lowest BCUT2D eigenvalue weighted by Crippen LogP contribution is -2.45. The molecule has 0 aromatic heterocycles. The summed E-state index contributed by atoms with van der Waals surface area (Å²) >= 11 is 6.17. The van der Waals surface area contributed by atoms with E-state index in [4.69, 9.17) is 11.6 Å².